The molecule has 0 spiro atoms. The zero-order valence-electron chi connectivity index (χ0n) is 4.50. The first-order valence-electron chi connectivity index (χ1n) is 2.35. The molecule has 7 heavy (non-hydrogen) atoms. The van der Waals surface area contributed by atoms with Gasteiger partial charge in [0.15, 0.2) is 5.95 Å². The smallest absolute Gasteiger partial charge is 0.179 e. The van der Waals surface area contributed by atoms with Crippen molar-refractivity contribution in [2.45, 2.75) is 13.3 Å². The Hall–Kier alpha value is -0.530. The number of hydrogen-bond donors (Lipinski definition) is 1. The zero-order chi connectivity index (χ0) is 5.70. The Balaban J connectivity index is 2.82. The molecular weight excluding hydrogens is 93.1 g/mol. The minimum atomic E-state index is -0.443. The standard InChI is InChI=1S/C5H10FN/c1-3-4-7-5(2)6/h7H,2-4H2,1H3. The van der Waals surface area contributed by atoms with E-state index >= 15 is 0 Å². The van der Waals surface area contributed by atoms with E-state index in [9.17, 15) is 4.39 Å². The maximum absolute atomic E-state index is 11.6. The van der Waals surface area contributed by atoms with Crippen LogP contribution < -0.4 is 5.32 Å². The van der Waals surface area contributed by atoms with Gasteiger partial charge in [-0.05, 0) is 13.0 Å². The van der Waals surface area contributed by atoms with E-state index in [4.69, 9.17) is 0 Å². The molecule has 42 valence electrons. The second kappa shape index (κ2) is 3.65. The molecule has 0 rings (SSSR count). The fourth-order valence-corrected chi connectivity index (χ4v) is 0.261. The van der Waals surface area contributed by atoms with Crippen molar-refractivity contribution in [3.8, 4) is 0 Å². The van der Waals surface area contributed by atoms with Gasteiger partial charge in [-0.25, -0.2) is 0 Å². The summed E-state index contributed by atoms with van der Waals surface area (Å²) in [6.45, 7) is 5.66. The van der Waals surface area contributed by atoms with E-state index < -0.39 is 5.95 Å². The van der Waals surface area contributed by atoms with Crippen molar-refractivity contribution in [3.05, 3.63) is 12.5 Å². The van der Waals surface area contributed by atoms with Crippen molar-refractivity contribution in [3.63, 3.8) is 0 Å². The maximum Gasteiger partial charge on any atom is 0.179 e. The van der Waals surface area contributed by atoms with Gasteiger partial charge < -0.3 is 5.32 Å². The Kier molecular flexibility index (Phi) is 3.38. The van der Waals surface area contributed by atoms with Gasteiger partial charge in [0, 0.05) is 6.54 Å². The third kappa shape index (κ3) is 5.47. The summed E-state index contributed by atoms with van der Waals surface area (Å²) in [6.07, 6.45) is 0.933. The van der Waals surface area contributed by atoms with Crippen molar-refractivity contribution < 1.29 is 4.39 Å². The molecule has 0 aromatic carbocycles. The van der Waals surface area contributed by atoms with Gasteiger partial charge in [0.1, 0.15) is 0 Å². The van der Waals surface area contributed by atoms with Gasteiger partial charge in [-0.1, -0.05) is 6.92 Å². The van der Waals surface area contributed by atoms with Crippen molar-refractivity contribution in [2.75, 3.05) is 6.54 Å². The average Bonchev–Trinajstić information content (AvgIpc) is 1.61. The van der Waals surface area contributed by atoms with Gasteiger partial charge >= 0.3 is 0 Å². The van der Waals surface area contributed by atoms with E-state index in [1.807, 2.05) is 6.92 Å². The molecule has 0 saturated carbocycles. The SMILES string of the molecule is C=C(F)NCCC. The number of halogens is 1. The molecule has 0 fully saturated rings. The summed E-state index contributed by atoms with van der Waals surface area (Å²) in [5, 5.41) is 2.43. The van der Waals surface area contributed by atoms with Gasteiger partial charge in [0.05, 0.1) is 0 Å². The summed E-state index contributed by atoms with van der Waals surface area (Å²) < 4.78 is 11.6. The highest BCUT2D eigenvalue weighted by Gasteiger charge is 1.80. The molecule has 0 bridgehead atoms. The topological polar surface area (TPSA) is 12.0 Å². The number of rotatable bonds is 3. The van der Waals surface area contributed by atoms with Crippen LogP contribution in [0.15, 0.2) is 12.5 Å². The largest absolute Gasteiger partial charge is 0.362 e. The molecular formula is C5H10FN. The Bertz CT molecular complexity index is 61.1. The Labute approximate surface area is 43.2 Å². The highest BCUT2D eigenvalue weighted by Crippen LogP contribution is 1.81. The molecule has 0 radical (unpaired) electrons. The fourth-order valence-electron chi connectivity index (χ4n) is 0.261. The number of nitrogens with one attached hydrogen (secondary N) is 1. The first kappa shape index (κ1) is 6.47. The summed E-state index contributed by atoms with van der Waals surface area (Å²) in [7, 11) is 0. The van der Waals surface area contributed by atoms with Gasteiger partial charge in [-0.15, -0.1) is 0 Å². The van der Waals surface area contributed by atoms with Crippen LogP contribution in [0.5, 0.6) is 0 Å². The van der Waals surface area contributed by atoms with Crippen LogP contribution in [0, 0.1) is 0 Å². The van der Waals surface area contributed by atoms with Crippen LogP contribution in [0.25, 0.3) is 0 Å². The second-order valence-corrected chi connectivity index (χ2v) is 1.33. The molecule has 0 unspecified atom stereocenters. The summed E-state index contributed by atoms with van der Waals surface area (Å²) >= 11 is 0. The molecule has 0 heterocycles. The van der Waals surface area contributed by atoms with Gasteiger partial charge in [-0.3, -0.25) is 0 Å². The molecule has 0 aliphatic rings. The molecule has 0 aliphatic carbocycles. The average molecular weight is 103 g/mol. The monoisotopic (exact) mass is 103 g/mol. The number of hydrogen-bond acceptors (Lipinski definition) is 1. The fraction of sp³-hybridized carbons (Fsp3) is 0.600. The van der Waals surface area contributed by atoms with Crippen molar-refractivity contribution >= 4 is 0 Å². The summed E-state index contributed by atoms with van der Waals surface area (Å²) in [6, 6.07) is 0. The van der Waals surface area contributed by atoms with Crippen molar-refractivity contribution in [1.29, 1.82) is 0 Å². The lowest BCUT2D eigenvalue weighted by molar-refractivity contribution is 0.544. The van der Waals surface area contributed by atoms with Crippen LogP contribution in [0.3, 0.4) is 0 Å². The first-order chi connectivity index (χ1) is 3.27. The molecule has 1 N–H and O–H groups in total. The van der Waals surface area contributed by atoms with Crippen LogP contribution in [0.4, 0.5) is 4.39 Å². The minimum absolute atomic E-state index is 0.443. The Morgan fingerprint density at radius 3 is 2.57 bits per heavy atom. The third-order valence-corrected chi connectivity index (χ3v) is 0.567. The van der Waals surface area contributed by atoms with E-state index in [1.165, 1.54) is 0 Å². The molecule has 0 aliphatic heterocycles. The summed E-state index contributed by atoms with van der Waals surface area (Å²) in [5.74, 6) is -0.443. The molecule has 0 amide bonds. The highest BCUT2D eigenvalue weighted by molar-refractivity contribution is 4.74. The quantitative estimate of drug-likeness (QED) is 0.533. The third-order valence-electron chi connectivity index (χ3n) is 0.567. The van der Waals surface area contributed by atoms with Crippen LogP contribution >= 0.6 is 0 Å². The minimum Gasteiger partial charge on any atom is -0.362 e. The van der Waals surface area contributed by atoms with Gasteiger partial charge in [-0.2, -0.15) is 4.39 Å². The second-order valence-electron chi connectivity index (χ2n) is 1.33. The van der Waals surface area contributed by atoms with E-state index in [0.717, 1.165) is 6.42 Å². The molecule has 1 nitrogen and oxygen atoms in total. The van der Waals surface area contributed by atoms with Crippen LogP contribution in [0.2, 0.25) is 0 Å². The van der Waals surface area contributed by atoms with E-state index in [1.54, 1.807) is 0 Å². The lowest BCUT2D eigenvalue weighted by Gasteiger charge is -1.94. The zero-order valence-corrected chi connectivity index (χ0v) is 4.50. The molecule has 0 atom stereocenters. The highest BCUT2D eigenvalue weighted by atomic mass is 19.1. The normalized spacial score (nSPS) is 8.29. The van der Waals surface area contributed by atoms with Crippen molar-refractivity contribution in [1.82, 2.24) is 5.32 Å². The first-order valence-corrected chi connectivity index (χ1v) is 2.35. The Morgan fingerprint density at radius 2 is 2.43 bits per heavy atom. The van der Waals surface area contributed by atoms with E-state index in [0.29, 0.717) is 6.54 Å². The summed E-state index contributed by atoms with van der Waals surface area (Å²) in [5.41, 5.74) is 0. The van der Waals surface area contributed by atoms with Gasteiger partial charge in [0.25, 0.3) is 0 Å². The Morgan fingerprint density at radius 1 is 1.86 bits per heavy atom. The van der Waals surface area contributed by atoms with E-state index in [2.05, 4.69) is 11.9 Å². The predicted octanol–water partition coefficient (Wildman–Crippen LogP) is 1.43. The predicted molar refractivity (Wildman–Crippen MR) is 28.5 cm³/mol. The molecule has 2 heteroatoms. The molecule has 0 saturated heterocycles. The van der Waals surface area contributed by atoms with E-state index in [-0.39, 0.29) is 0 Å². The van der Waals surface area contributed by atoms with Crippen molar-refractivity contribution in [2.24, 2.45) is 0 Å². The van der Waals surface area contributed by atoms with Gasteiger partial charge in [0.2, 0.25) is 0 Å². The van der Waals surface area contributed by atoms with Crippen LogP contribution in [-0.2, 0) is 0 Å². The molecule has 0 aromatic rings. The lowest BCUT2D eigenvalue weighted by atomic mass is 10.5. The summed E-state index contributed by atoms with van der Waals surface area (Å²) in [4.78, 5) is 0. The maximum atomic E-state index is 11.6. The molecule has 0 aromatic heterocycles. The van der Waals surface area contributed by atoms with Crippen LogP contribution in [0.1, 0.15) is 13.3 Å². The lowest BCUT2D eigenvalue weighted by Crippen LogP contribution is -2.08. The van der Waals surface area contributed by atoms with Crippen LogP contribution in [-0.4, -0.2) is 6.54 Å².